The summed E-state index contributed by atoms with van der Waals surface area (Å²) >= 11 is 0. The zero-order chi connectivity index (χ0) is 32.9. The Morgan fingerprint density at radius 1 is 0.696 bits per heavy atom. The Morgan fingerprint density at radius 3 is 1.91 bits per heavy atom. The minimum Gasteiger partial charge on any atom is -0.490 e. The first-order valence-corrected chi connectivity index (χ1v) is 15.2. The van der Waals surface area contributed by atoms with E-state index < -0.39 is 23.9 Å². The van der Waals surface area contributed by atoms with Crippen molar-refractivity contribution < 1.29 is 47.6 Å². The molecule has 0 radical (unpaired) electrons. The van der Waals surface area contributed by atoms with Gasteiger partial charge >= 0.3 is 23.9 Å². The molecule has 1 aliphatic carbocycles. The van der Waals surface area contributed by atoms with Gasteiger partial charge in [-0.25, -0.2) is 19.2 Å². The van der Waals surface area contributed by atoms with E-state index >= 15 is 0 Å². The van der Waals surface area contributed by atoms with Crippen LogP contribution >= 0.6 is 0 Å². The molecule has 3 atom stereocenters. The number of rotatable bonds is 15. The first kappa shape index (κ1) is 33.8. The van der Waals surface area contributed by atoms with Crippen LogP contribution in [-0.2, 0) is 28.5 Å². The maximum absolute atomic E-state index is 13.1. The predicted molar refractivity (Wildman–Crippen MR) is 170 cm³/mol. The highest BCUT2D eigenvalue weighted by molar-refractivity contribution is 5.96. The maximum atomic E-state index is 13.1. The van der Waals surface area contributed by atoms with Crippen molar-refractivity contribution in [2.45, 2.75) is 44.8 Å². The molecule has 0 aromatic heterocycles. The standard InChI is InChI=1S/C36H38O10/c1-4-24-22-31(45-35(39)25-9-12-29(13-10-25)41-17-19-43-33(37)5-2)15-16-32(24)46-36(40)28-8-7-27-23-30(14-11-26(27)21-28)42-18-20-44-34(38)6-3/h5-14,21,23-24,31-32H,2-4,15-20,22H2,1H3/t24-,31-,32-/m0/s1. The normalized spacial score (nSPS) is 17.3. The molecule has 0 N–H and O–H groups in total. The molecule has 10 heteroatoms. The second-order valence-corrected chi connectivity index (χ2v) is 10.6. The van der Waals surface area contributed by atoms with Crippen LogP contribution in [0.4, 0.5) is 0 Å². The number of carbonyl (C=O) groups is 4. The lowest BCUT2D eigenvalue weighted by atomic mass is 9.83. The van der Waals surface area contributed by atoms with Crippen LogP contribution in [0.3, 0.4) is 0 Å². The van der Waals surface area contributed by atoms with Crippen LogP contribution in [0.5, 0.6) is 11.5 Å². The van der Waals surface area contributed by atoms with Gasteiger partial charge in [-0.2, -0.15) is 0 Å². The molecular weight excluding hydrogens is 592 g/mol. The fourth-order valence-electron chi connectivity index (χ4n) is 5.16. The summed E-state index contributed by atoms with van der Waals surface area (Å²) in [6.07, 6.45) is 4.15. The van der Waals surface area contributed by atoms with Gasteiger partial charge in [0.05, 0.1) is 11.1 Å². The second-order valence-electron chi connectivity index (χ2n) is 10.6. The fourth-order valence-corrected chi connectivity index (χ4v) is 5.16. The summed E-state index contributed by atoms with van der Waals surface area (Å²) in [5, 5.41) is 1.75. The molecule has 0 heterocycles. The Bertz CT molecular complexity index is 1540. The average molecular weight is 631 g/mol. The van der Waals surface area contributed by atoms with Crippen LogP contribution in [0.25, 0.3) is 10.8 Å². The molecule has 0 spiro atoms. The third-order valence-electron chi connectivity index (χ3n) is 7.58. The van der Waals surface area contributed by atoms with E-state index in [9.17, 15) is 19.2 Å². The number of hydrogen-bond acceptors (Lipinski definition) is 10. The van der Waals surface area contributed by atoms with Gasteiger partial charge in [-0.1, -0.05) is 32.2 Å². The molecule has 0 aliphatic heterocycles. The van der Waals surface area contributed by atoms with Crippen molar-refractivity contribution in [1.29, 1.82) is 0 Å². The lowest BCUT2D eigenvalue weighted by Gasteiger charge is -2.35. The maximum Gasteiger partial charge on any atom is 0.338 e. The average Bonchev–Trinajstić information content (AvgIpc) is 3.08. The smallest absolute Gasteiger partial charge is 0.338 e. The topological polar surface area (TPSA) is 124 Å². The summed E-state index contributed by atoms with van der Waals surface area (Å²) in [5.41, 5.74) is 0.849. The highest BCUT2D eigenvalue weighted by Gasteiger charge is 2.34. The van der Waals surface area contributed by atoms with Gasteiger partial charge in [0.1, 0.15) is 50.1 Å². The minimum absolute atomic E-state index is 0.0485. The number of ether oxygens (including phenoxy) is 6. The van der Waals surface area contributed by atoms with Crippen molar-refractivity contribution in [3.63, 3.8) is 0 Å². The second kappa shape index (κ2) is 16.8. The van der Waals surface area contributed by atoms with Gasteiger partial charge in [0.25, 0.3) is 0 Å². The van der Waals surface area contributed by atoms with Crippen molar-refractivity contribution in [3.05, 3.63) is 97.1 Å². The minimum atomic E-state index is -0.518. The summed E-state index contributed by atoms with van der Waals surface area (Å²) in [7, 11) is 0. The van der Waals surface area contributed by atoms with Gasteiger partial charge in [0.15, 0.2) is 0 Å². The summed E-state index contributed by atoms with van der Waals surface area (Å²) in [4.78, 5) is 48.2. The lowest BCUT2D eigenvalue weighted by molar-refractivity contribution is -0.139. The van der Waals surface area contributed by atoms with Crippen LogP contribution < -0.4 is 9.47 Å². The van der Waals surface area contributed by atoms with E-state index in [4.69, 9.17) is 28.4 Å². The summed E-state index contributed by atoms with van der Waals surface area (Å²) < 4.78 is 32.7. The van der Waals surface area contributed by atoms with Crippen LogP contribution in [0.1, 0.15) is 53.3 Å². The first-order chi connectivity index (χ1) is 22.3. The molecule has 242 valence electrons. The number of hydrogen-bond donors (Lipinski definition) is 0. The van der Waals surface area contributed by atoms with E-state index in [0.717, 1.165) is 29.3 Å². The molecule has 0 bridgehead atoms. The zero-order valence-electron chi connectivity index (χ0n) is 25.8. The molecular formula is C36H38O10. The van der Waals surface area contributed by atoms with E-state index in [0.29, 0.717) is 41.9 Å². The van der Waals surface area contributed by atoms with Crippen LogP contribution in [0.15, 0.2) is 86.0 Å². The SMILES string of the molecule is C=CC(=O)OCCOc1ccc(C(=O)O[C@H]2CC[C@H](OC(=O)c3ccc4cc(OCCOC(=O)C=C)ccc4c3)[C@@H](CC)C2)cc1. The van der Waals surface area contributed by atoms with E-state index in [1.807, 2.05) is 25.1 Å². The monoisotopic (exact) mass is 630 g/mol. The molecule has 46 heavy (non-hydrogen) atoms. The molecule has 0 amide bonds. The van der Waals surface area contributed by atoms with Crippen molar-refractivity contribution in [2.24, 2.45) is 5.92 Å². The molecule has 3 aromatic rings. The summed E-state index contributed by atoms with van der Waals surface area (Å²) in [6.45, 7) is 9.29. The van der Waals surface area contributed by atoms with Crippen molar-refractivity contribution in [1.82, 2.24) is 0 Å². The predicted octanol–water partition coefficient (Wildman–Crippen LogP) is 6.02. The molecule has 1 fully saturated rings. The third-order valence-corrected chi connectivity index (χ3v) is 7.58. The van der Waals surface area contributed by atoms with E-state index in [-0.39, 0.29) is 44.6 Å². The van der Waals surface area contributed by atoms with Crippen LogP contribution in [0, 0.1) is 5.92 Å². The number of benzene rings is 3. The van der Waals surface area contributed by atoms with E-state index in [2.05, 4.69) is 13.2 Å². The molecule has 0 saturated heterocycles. The van der Waals surface area contributed by atoms with Gasteiger partial charge < -0.3 is 28.4 Å². The van der Waals surface area contributed by atoms with Crippen molar-refractivity contribution in [2.75, 3.05) is 26.4 Å². The Hall–Kier alpha value is -5.12. The number of carbonyl (C=O) groups excluding carboxylic acids is 4. The Kier molecular flexibility index (Phi) is 12.3. The summed E-state index contributed by atoms with van der Waals surface area (Å²) in [5.74, 6) is -0.646. The number of fused-ring (bicyclic) bond motifs is 1. The van der Waals surface area contributed by atoms with E-state index in [1.54, 1.807) is 42.5 Å². The van der Waals surface area contributed by atoms with Crippen LogP contribution in [0.2, 0.25) is 0 Å². The molecule has 1 saturated carbocycles. The van der Waals surface area contributed by atoms with Gasteiger partial charge in [0, 0.05) is 12.2 Å². The summed E-state index contributed by atoms with van der Waals surface area (Å²) in [6, 6.07) is 17.4. The van der Waals surface area contributed by atoms with E-state index in [1.165, 1.54) is 0 Å². The molecule has 3 aromatic carbocycles. The zero-order valence-corrected chi connectivity index (χ0v) is 25.8. The van der Waals surface area contributed by atoms with Gasteiger partial charge in [-0.3, -0.25) is 0 Å². The third kappa shape index (κ3) is 9.69. The molecule has 0 unspecified atom stereocenters. The molecule has 10 nitrogen and oxygen atoms in total. The highest BCUT2D eigenvalue weighted by atomic mass is 16.6. The van der Waals surface area contributed by atoms with Gasteiger partial charge in [-0.05, 0) is 90.9 Å². The first-order valence-electron chi connectivity index (χ1n) is 15.2. The quantitative estimate of drug-likeness (QED) is 0.0853. The Balaban J connectivity index is 1.25. The highest BCUT2D eigenvalue weighted by Crippen LogP contribution is 2.33. The molecule has 1 aliphatic rings. The number of esters is 4. The Morgan fingerprint density at radius 2 is 1.26 bits per heavy atom. The van der Waals surface area contributed by atoms with Crippen molar-refractivity contribution in [3.8, 4) is 11.5 Å². The van der Waals surface area contributed by atoms with Gasteiger partial charge in [-0.15, -0.1) is 0 Å². The lowest BCUT2D eigenvalue weighted by Crippen LogP contribution is -2.37. The van der Waals surface area contributed by atoms with Gasteiger partial charge in [0.2, 0.25) is 0 Å². The molecule has 4 rings (SSSR count). The van der Waals surface area contributed by atoms with Crippen molar-refractivity contribution >= 4 is 34.6 Å². The largest absolute Gasteiger partial charge is 0.490 e. The fraction of sp³-hybridized carbons (Fsp3) is 0.333. The Labute approximate surface area is 267 Å². The van der Waals surface area contributed by atoms with Crippen LogP contribution in [-0.4, -0.2) is 62.5 Å².